The lowest BCUT2D eigenvalue weighted by atomic mass is 9.87. The summed E-state index contributed by atoms with van der Waals surface area (Å²) in [4.78, 5) is 18.2. The number of aryl methyl sites for hydroxylation is 1. The van der Waals surface area contributed by atoms with E-state index in [1.54, 1.807) is 6.33 Å². The van der Waals surface area contributed by atoms with Gasteiger partial charge in [0.1, 0.15) is 12.1 Å². The topological polar surface area (TPSA) is 63.0 Å². The number of hydrogen-bond acceptors (Lipinski definition) is 6. The van der Waals surface area contributed by atoms with Gasteiger partial charge in [0.25, 0.3) is 0 Å². The van der Waals surface area contributed by atoms with Crippen LogP contribution in [0.5, 0.6) is 0 Å². The molecule has 3 fully saturated rings. The molecule has 0 spiro atoms. The van der Waals surface area contributed by atoms with Gasteiger partial charge in [-0.25, -0.2) is 9.97 Å². The molecule has 0 aromatic carbocycles. The predicted octanol–water partition coefficient (Wildman–Crippen LogP) is 1.98. The Labute approximate surface area is 153 Å². The highest BCUT2D eigenvalue weighted by atomic mass is 79.9. The van der Waals surface area contributed by atoms with Crippen molar-refractivity contribution in [2.45, 2.75) is 25.0 Å². The molecule has 0 N–H and O–H groups in total. The molecule has 25 heavy (non-hydrogen) atoms. The van der Waals surface area contributed by atoms with E-state index in [9.17, 15) is 0 Å². The first-order valence-corrected chi connectivity index (χ1v) is 9.21. The Morgan fingerprint density at radius 3 is 2.80 bits per heavy atom. The third kappa shape index (κ3) is 2.51. The van der Waals surface area contributed by atoms with Crippen molar-refractivity contribution in [3.05, 3.63) is 41.0 Å². The normalized spacial score (nSPS) is 23.0. The summed E-state index contributed by atoms with van der Waals surface area (Å²) in [6, 6.07) is 3.17. The van der Waals surface area contributed by atoms with Crippen molar-refractivity contribution in [2.24, 2.45) is 7.05 Å². The van der Waals surface area contributed by atoms with Crippen molar-refractivity contribution < 1.29 is 0 Å². The van der Waals surface area contributed by atoms with Gasteiger partial charge in [0, 0.05) is 55.6 Å². The third-order valence-corrected chi connectivity index (χ3v) is 5.62. The number of aromatic nitrogens is 5. The molecule has 7 nitrogen and oxygen atoms in total. The van der Waals surface area contributed by atoms with Crippen molar-refractivity contribution in [3.63, 3.8) is 0 Å². The Hall–Kier alpha value is -2.06. The van der Waals surface area contributed by atoms with Gasteiger partial charge in [-0.1, -0.05) is 0 Å². The highest BCUT2D eigenvalue weighted by Gasteiger charge is 2.45. The summed E-state index contributed by atoms with van der Waals surface area (Å²) in [5, 5.41) is 5.38. The number of fused-ring (bicyclic) bond motifs is 3. The number of piperazine rings is 1. The Balaban J connectivity index is 1.36. The minimum absolute atomic E-state index is 0.511. The molecule has 3 saturated heterocycles. The summed E-state index contributed by atoms with van der Waals surface area (Å²) in [6.45, 7) is 3.04. The molecule has 8 heteroatoms. The Bertz CT molecular complexity index is 928. The van der Waals surface area contributed by atoms with Gasteiger partial charge in [-0.3, -0.25) is 14.6 Å². The Morgan fingerprint density at radius 1 is 1.16 bits per heavy atom. The van der Waals surface area contributed by atoms with E-state index in [1.165, 1.54) is 12.0 Å². The summed E-state index contributed by atoms with van der Waals surface area (Å²) in [5.41, 5.74) is 2.14. The van der Waals surface area contributed by atoms with Crippen LogP contribution < -0.4 is 4.90 Å². The molecule has 0 saturated carbocycles. The molecule has 2 unspecified atom stereocenters. The van der Waals surface area contributed by atoms with Crippen LogP contribution in [0.15, 0.2) is 35.5 Å². The Kier molecular flexibility index (Phi) is 3.49. The molecule has 0 radical (unpaired) electrons. The van der Waals surface area contributed by atoms with Crippen LogP contribution in [-0.2, 0) is 13.6 Å². The fourth-order valence-corrected chi connectivity index (χ4v) is 4.54. The summed E-state index contributed by atoms with van der Waals surface area (Å²) < 4.78 is 2.84. The second-order valence-corrected chi connectivity index (χ2v) is 7.77. The zero-order valence-electron chi connectivity index (χ0n) is 13.9. The number of pyridine rings is 1. The minimum atomic E-state index is 0.511. The van der Waals surface area contributed by atoms with Gasteiger partial charge >= 0.3 is 0 Å². The third-order valence-electron chi connectivity index (χ3n) is 5.19. The van der Waals surface area contributed by atoms with Gasteiger partial charge in [0.05, 0.1) is 11.6 Å². The number of halogens is 1. The van der Waals surface area contributed by atoms with E-state index in [4.69, 9.17) is 0 Å². The first-order valence-electron chi connectivity index (χ1n) is 8.42. The molecule has 128 valence electrons. The molecule has 3 aromatic rings. The zero-order valence-corrected chi connectivity index (χ0v) is 15.5. The molecule has 3 aliphatic rings. The van der Waals surface area contributed by atoms with Gasteiger partial charge in [-0.2, -0.15) is 5.10 Å². The average molecular weight is 400 g/mol. The van der Waals surface area contributed by atoms with Crippen molar-refractivity contribution in [3.8, 4) is 0 Å². The number of anilines is 1. The van der Waals surface area contributed by atoms with Crippen molar-refractivity contribution in [2.75, 3.05) is 18.0 Å². The largest absolute Gasteiger partial charge is 0.347 e. The summed E-state index contributed by atoms with van der Waals surface area (Å²) in [6.07, 6.45) is 8.54. The standard InChI is InChI=1S/C17H18BrN7/c1-23-16-15(6-22-23)17(21-10-20-16)25-13-3-14(25)9-24(8-13)7-11-2-12(18)5-19-4-11/h2,4-6,10,13-14H,3,7-9H2,1H3. The molecule has 0 amide bonds. The predicted molar refractivity (Wildman–Crippen MR) is 98.2 cm³/mol. The molecule has 6 rings (SSSR count). The van der Waals surface area contributed by atoms with Crippen LogP contribution in [0.4, 0.5) is 5.82 Å². The molecule has 6 heterocycles. The second kappa shape index (κ2) is 5.74. The fraction of sp³-hybridized carbons (Fsp3) is 0.412. The van der Waals surface area contributed by atoms with Crippen molar-refractivity contribution in [1.82, 2.24) is 29.6 Å². The maximum absolute atomic E-state index is 4.57. The molecular formula is C17H18BrN7. The van der Waals surface area contributed by atoms with Crippen LogP contribution in [0.2, 0.25) is 0 Å². The van der Waals surface area contributed by atoms with Crippen LogP contribution in [0.3, 0.4) is 0 Å². The average Bonchev–Trinajstić information content (AvgIpc) is 2.97. The van der Waals surface area contributed by atoms with E-state index in [0.29, 0.717) is 12.1 Å². The van der Waals surface area contributed by atoms with Crippen molar-refractivity contribution in [1.29, 1.82) is 0 Å². The fourth-order valence-electron chi connectivity index (χ4n) is 4.13. The van der Waals surface area contributed by atoms with Gasteiger partial charge < -0.3 is 4.90 Å². The van der Waals surface area contributed by atoms with Gasteiger partial charge in [0.2, 0.25) is 0 Å². The van der Waals surface area contributed by atoms with Crippen molar-refractivity contribution >= 4 is 32.8 Å². The first kappa shape index (κ1) is 15.2. The molecule has 2 bridgehead atoms. The highest BCUT2D eigenvalue weighted by molar-refractivity contribution is 9.10. The van der Waals surface area contributed by atoms with Crippen LogP contribution >= 0.6 is 15.9 Å². The maximum atomic E-state index is 4.57. The highest BCUT2D eigenvalue weighted by Crippen LogP contribution is 2.38. The smallest absolute Gasteiger partial charge is 0.163 e. The van der Waals surface area contributed by atoms with E-state index >= 15 is 0 Å². The first-order chi connectivity index (χ1) is 12.2. The molecule has 0 aliphatic carbocycles. The number of rotatable bonds is 3. The lowest BCUT2D eigenvalue weighted by Crippen LogP contribution is -2.69. The monoisotopic (exact) mass is 399 g/mol. The van der Waals surface area contributed by atoms with E-state index in [-0.39, 0.29) is 0 Å². The summed E-state index contributed by atoms with van der Waals surface area (Å²) in [5.74, 6) is 1.03. The number of nitrogens with zero attached hydrogens (tertiary/aromatic N) is 7. The van der Waals surface area contributed by atoms with Gasteiger partial charge in [-0.15, -0.1) is 0 Å². The zero-order chi connectivity index (χ0) is 17.0. The van der Waals surface area contributed by atoms with Crippen LogP contribution in [0.1, 0.15) is 12.0 Å². The van der Waals surface area contributed by atoms with Gasteiger partial charge in [-0.05, 0) is 34.0 Å². The number of piperidine rings is 1. The van der Waals surface area contributed by atoms with Crippen LogP contribution in [-0.4, -0.2) is 54.8 Å². The minimum Gasteiger partial charge on any atom is -0.347 e. The van der Waals surface area contributed by atoms with E-state index in [0.717, 1.165) is 41.0 Å². The summed E-state index contributed by atoms with van der Waals surface area (Å²) in [7, 11) is 1.92. The number of hydrogen-bond donors (Lipinski definition) is 0. The van der Waals surface area contributed by atoms with Crippen LogP contribution in [0.25, 0.3) is 11.0 Å². The lowest BCUT2D eigenvalue weighted by molar-refractivity contribution is 0.108. The summed E-state index contributed by atoms with van der Waals surface area (Å²) >= 11 is 3.50. The van der Waals surface area contributed by atoms with E-state index < -0.39 is 0 Å². The second-order valence-electron chi connectivity index (χ2n) is 6.86. The lowest BCUT2D eigenvalue weighted by Gasteiger charge is -2.57. The quantitative estimate of drug-likeness (QED) is 0.670. The SMILES string of the molecule is Cn1ncc2c(N3C4CC3CN(Cc3cncc(Br)c3)C4)ncnc21. The maximum Gasteiger partial charge on any atom is 0.163 e. The van der Waals surface area contributed by atoms with E-state index in [1.807, 2.05) is 30.3 Å². The molecule has 2 atom stereocenters. The molecular weight excluding hydrogens is 382 g/mol. The Morgan fingerprint density at radius 2 is 2.00 bits per heavy atom. The van der Waals surface area contributed by atoms with E-state index in [2.05, 4.69) is 51.8 Å². The van der Waals surface area contributed by atoms with Gasteiger partial charge in [0.15, 0.2) is 5.65 Å². The molecule has 3 aromatic heterocycles. The molecule has 3 aliphatic heterocycles. The van der Waals surface area contributed by atoms with Crippen LogP contribution in [0, 0.1) is 0 Å².